The van der Waals surface area contributed by atoms with Crippen molar-refractivity contribution in [2.24, 2.45) is 45.7 Å². The van der Waals surface area contributed by atoms with E-state index in [1.165, 1.54) is 11.8 Å². The van der Waals surface area contributed by atoms with E-state index in [1.807, 2.05) is 0 Å². The van der Waals surface area contributed by atoms with Gasteiger partial charge in [0.2, 0.25) is 0 Å². The molecule has 2 unspecified atom stereocenters. The predicted molar refractivity (Wildman–Crippen MR) is 166 cm³/mol. The van der Waals surface area contributed by atoms with Crippen LogP contribution in [0, 0.1) is 39.9 Å². The van der Waals surface area contributed by atoms with E-state index in [0.29, 0.717) is 55.0 Å². The number of nitrogens with two attached hydrogens (primary N) is 1. The fourth-order valence-electron chi connectivity index (χ4n) is 8.67. The molecule has 0 spiro atoms. The first-order valence-corrected chi connectivity index (χ1v) is 16.6. The number of hydrogen-bond acceptors (Lipinski definition) is 8. The number of carboxylic acid groups (broad SMARTS) is 2. The molecule has 4 fully saturated rings. The van der Waals surface area contributed by atoms with Crippen LogP contribution in [-0.2, 0) is 23.9 Å². The quantitative estimate of drug-likeness (QED) is 0.175. The molecule has 0 aliphatic heterocycles. The zero-order chi connectivity index (χ0) is 32.3. The van der Waals surface area contributed by atoms with Crippen LogP contribution < -0.4 is 5.73 Å². The Morgan fingerprint density at radius 3 is 2.23 bits per heavy atom. The largest absolute Gasteiger partial charge is 0.478 e. The number of thioether (sulfide) groups is 1. The summed E-state index contributed by atoms with van der Waals surface area (Å²) in [6, 6.07) is 0.0432. The fraction of sp³-hybridized carbons (Fsp3) is 0.758. The minimum Gasteiger partial charge on any atom is -0.478 e. The molecule has 0 radical (unpaired) electrons. The molecule has 5 N–H and O–H groups in total. The van der Waals surface area contributed by atoms with Crippen molar-refractivity contribution in [1.82, 2.24) is 0 Å². The third-order valence-electron chi connectivity index (χ3n) is 11.8. The Morgan fingerprint density at radius 1 is 1.05 bits per heavy atom. The van der Waals surface area contributed by atoms with E-state index >= 15 is 0 Å². The molecule has 0 heterocycles. The van der Waals surface area contributed by atoms with E-state index in [4.69, 9.17) is 20.7 Å². The molecule has 4 aliphatic carbocycles. The zero-order valence-corrected chi connectivity index (χ0v) is 27.1. The molecule has 11 atom stereocenters. The number of aliphatic carboxylic acids is 2. The number of allylic oxidation sites excluding steroid dienone is 1. The van der Waals surface area contributed by atoms with Gasteiger partial charge in [-0.05, 0) is 73.5 Å². The van der Waals surface area contributed by atoms with Crippen LogP contribution in [0.3, 0.4) is 0 Å². The summed E-state index contributed by atoms with van der Waals surface area (Å²) in [6.07, 6.45) is 9.11. The maximum Gasteiger partial charge on any atom is 0.328 e. The van der Waals surface area contributed by atoms with Crippen LogP contribution in [0.25, 0.3) is 0 Å². The fourth-order valence-corrected chi connectivity index (χ4v) is 9.72. The number of ether oxygens (including phenoxy) is 1. The van der Waals surface area contributed by atoms with Crippen LogP contribution in [0.1, 0.15) is 86.0 Å². The minimum absolute atomic E-state index is 0.0206. The standard InChI is InChI=1S/C29H47NO4S.C4H4O4/c1-7-27(5)15-24(34-25(33)16-35-23-9-8-20(30)14-22(23)32)28(6)17(2)10-12-29(19(4)18(27)3)13-11-21(31)26(28)29;5-3(6)1-2-4(7)8/h7,17-20,22-24,26,32H,1,8-16,30H2,2-6H3;1-2H,(H,5,6)(H,7,8)/b;2-1-/t17?,18-,19-,20+,22+,23+,24+,26-,27+,28-,29?;/m0./s1. The molecule has 242 valence electrons. The SMILES string of the molecule is C=C[C@]1(C)C[C@@H](OC(=O)CS[C@@H]2CC[C@@H](N)C[C@H]2O)[C@]2(C)C(C)CCC3(CCC(=O)[C@H]32)[C@@H](C)[C@@H]1C.O=C(O)/C=C\C(=O)O. The minimum atomic E-state index is -1.26. The molecular formula is C33H51NO8S. The predicted octanol–water partition coefficient (Wildman–Crippen LogP) is 4.85. The maximum atomic E-state index is 13.5. The molecule has 2 bridgehead atoms. The van der Waals surface area contributed by atoms with E-state index in [1.54, 1.807) is 0 Å². The lowest BCUT2D eigenvalue weighted by Crippen LogP contribution is -2.61. The highest BCUT2D eigenvalue weighted by atomic mass is 32.2. The van der Waals surface area contributed by atoms with Crippen LogP contribution in [0.15, 0.2) is 24.8 Å². The molecule has 0 aromatic rings. The molecule has 0 saturated heterocycles. The van der Waals surface area contributed by atoms with E-state index in [2.05, 4.69) is 47.3 Å². The Hall–Kier alpha value is -2.17. The molecule has 4 rings (SSSR count). The summed E-state index contributed by atoms with van der Waals surface area (Å²) in [5.41, 5.74) is 5.39. The zero-order valence-electron chi connectivity index (χ0n) is 26.3. The number of esters is 1. The summed E-state index contributed by atoms with van der Waals surface area (Å²) in [5, 5.41) is 26.1. The average Bonchev–Trinajstić information content (AvgIpc) is 3.30. The second-order valence-corrected chi connectivity index (χ2v) is 15.1. The first kappa shape index (κ1) is 35.3. The number of ketones is 1. The van der Waals surface area contributed by atoms with Crippen molar-refractivity contribution in [2.45, 2.75) is 109 Å². The number of carbonyl (C=O) groups is 4. The van der Waals surface area contributed by atoms with Gasteiger partial charge in [-0.15, -0.1) is 18.3 Å². The number of Topliss-reactive ketones (excluding diaryl/α,β-unsaturated/α-hetero) is 1. The lowest BCUT2D eigenvalue weighted by molar-refractivity contribution is -0.196. The van der Waals surface area contributed by atoms with Gasteiger partial charge in [-0.25, -0.2) is 9.59 Å². The monoisotopic (exact) mass is 621 g/mol. The molecule has 43 heavy (non-hydrogen) atoms. The number of carbonyl (C=O) groups excluding carboxylic acids is 2. The molecule has 0 aromatic carbocycles. The van der Waals surface area contributed by atoms with Crippen molar-refractivity contribution in [2.75, 3.05) is 5.75 Å². The smallest absolute Gasteiger partial charge is 0.328 e. The Bertz CT molecular complexity index is 1090. The van der Waals surface area contributed by atoms with Gasteiger partial charge in [0.25, 0.3) is 0 Å². The van der Waals surface area contributed by atoms with Gasteiger partial charge in [-0.2, -0.15) is 0 Å². The Kier molecular flexibility index (Phi) is 11.4. The number of hydrogen-bond donors (Lipinski definition) is 4. The van der Waals surface area contributed by atoms with Crippen LogP contribution >= 0.6 is 11.8 Å². The highest BCUT2D eigenvalue weighted by Gasteiger charge is 2.67. The van der Waals surface area contributed by atoms with Crippen molar-refractivity contribution < 1.29 is 39.2 Å². The van der Waals surface area contributed by atoms with Crippen LogP contribution in [-0.4, -0.2) is 68.3 Å². The van der Waals surface area contributed by atoms with Gasteiger partial charge in [0.15, 0.2) is 0 Å². The van der Waals surface area contributed by atoms with Gasteiger partial charge < -0.3 is 25.8 Å². The molecule has 9 nitrogen and oxygen atoms in total. The van der Waals surface area contributed by atoms with E-state index < -0.39 is 18.0 Å². The number of aliphatic hydroxyl groups excluding tert-OH is 1. The lowest BCUT2D eigenvalue weighted by atomic mass is 9.42. The second kappa shape index (κ2) is 13.9. The van der Waals surface area contributed by atoms with Crippen molar-refractivity contribution in [1.29, 1.82) is 0 Å². The first-order valence-electron chi connectivity index (χ1n) is 15.6. The maximum absolute atomic E-state index is 13.5. The third-order valence-corrected chi connectivity index (χ3v) is 13.2. The van der Waals surface area contributed by atoms with Gasteiger partial charge >= 0.3 is 17.9 Å². The summed E-state index contributed by atoms with van der Waals surface area (Å²) in [4.78, 5) is 45.9. The summed E-state index contributed by atoms with van der Waals surface area (Å²) in [5.74, 6) is -1.17. The number of rotatable bonds is 7. The van der Waals surface area contributed by atoms with Gasteiger partial charge in [-0.1, -0.05) is 40.7 Å². The Balaban J connectivity index is 0.000000557. The summed E-state index contributed by atoms with van der Waals surface area (Å²) in [7, 11) is 0. The molecule has 10 heteroatoms. The third kappa shape index (κ3) is 7.22. The molecular weight excluding hydrogens is 570 g/mol. The molecule has 4 saturated carbocycles. The van der Waals surface area contributed by atoms with Crippen molar-refractivity contribution in [3.05, 3.63) is 24.8 Å². The van der Waals surface area contributed by atoms with Gasteiger partial charge in [0, 0.05) is 41.2 Å². The molecule has 0 aromatic heterocycles. The normalized spacial score (nSPS) is 42.5. The number of aliphatic hydroxyl groups is 1. The van der Waals surface area contributed by atoms with Crippen LogP contribution in [0.5, 0.6) is 0 Å². The molecule has 0 amide bonds. The van der Waals surface area contributed by atoms with Crippen molar-refractivity contribution in [3.63, 3.8) is 0 Å². The molecule has 4 aliphatic rings. The van der Waals surface area contributed by atoms with Crippen LogP contribution in [0.2, 0.25) is 0 Å². The van der Waals surface area contributed by atoms with Gasteiger partial charge in [0.05, 0.1) is 11.9 Å². The van der Waals surface area contributed by atoms with Crippen LogP contribution in [0.4, 0.5) is 0 Å². The van der Waals surface area contributed by atoms with E-state index in [-0.39, 0.29) is 51.3 Å². The first-order chi connectivity index (χ1) is 20.0. The van der Waals surface area contributed by atoms with Gasteiger partial charge in [0.1, 0.15) is 11.9 Å². The topological polar surface area (TPSA) is 164 Å². The second-order valence-electron chi connectivity index (χ2n) is 13.9. The summed E-state index contributed by atoms with van der Waals surface area (Å²) in [6.45, 7) is 15.7. The van der Waals surface area contributed by atoms with Gasteiger partial charge in [-0.3, -0.25) is 9.59 Å². The van der Waals surface area contributed by atoms with Crippen molar-refractivity contribution >= 4 is 35.5 Å². The summed E-state index contributed by atoms with van der Waals surface area (Å²) >= 11 is 1.49. The van der Waals surface area contributed by atoms with E-state index in [9.17, 15) is 24.3 Å². The summed E-state index contributed by atoms with van der Waals surface area (Å²) < 4.78 is 6.40. The Labute approximate surface area is 260 Å². The Morgan fingerprint density at radius 2 is 1.67 bits per heavy atom. The van der Waals surface area contributed by atoms with E-state index in [0.717, 1.165) is 32.1 Å². The highest BCUT2D eigenvalue weighted by Crippen LogP contribution is 2.69. The average molecular weight is 622 g/mol. The lowest BCUT2D eigenvalue weighted by Gasteiger charge is -2.62. The van der Waals surface area contributed by atoms with Crippen molar-refractivity contribution in [3.8, 4) is 0 Å². The number of carboxylic acids is 2. The highest BCUT2D eigenvalue weighted by molar-refractivity contribution is 8.00.